The number of carboxylic acid groups (broad SMARTS) is 5. The molecule has 39 nitrogen and oxygen atoms in total. The monoisotopic (exact) mass is 1720 g/mol. The van der Waals surface area contributed by atoms with Crippen LogP contribution < -0.4 is 46.7 Å². The molecule has 0 aliphatic rings. The van der Waals surface area contributed by atoms with Gasteiger partial charge in [-0.05, 0) is 137 Å². The normalized spacial score (nSPS) is 12.4. The number of amides is 10. The Balaban J connectivity index is 0.000000332. The number of carbonyl (C=O) groups excluding carboxylic acids is 10. The second kappa shape index (κ2) is 50.8. The number of carboxylic acids is 5. The van der Waals surface area contributed by atoms with Crippen molar-refractivity contribution in [3.05, 3.63) is 160 Å². The van der Waals surface area contributed by atoms with Crippen LogP contribution in [0.2, 0.25) is 0 Å². The molecule has 7 rings (SSSR count). The topological polar surface area (TPSA) is 590 Å². The Kier molecular flexibility index (Phi) is 41.2. The minimum absolute atomic E-state index is 0.0395. The molecular formula is C84H104N10O29. The smallest absolute Gasteiger partial charge is 0.343 e. The van der Waals surface area contributed by atoms with Crippen molar-refractivity contribution in [2.24, 2.45) is 17.8 Å². The van der Waals surface area contributed by atoms with Crippen molar-refractivity contribution in [2.75, 3.05) is 33.2 Å². The first-order chi connectivity index (χ1) is 58.8. The maximum absolute atomic E-state index is 13.2. The number of furan rings is 3. The van der Waals surface area contributed by atoms with Crippen LogP contribution in [-0.2, 0) is 44.8 Å². The van der Waals surface area contributed by atoms with Gasteiger partial charge in [0.1, 0.15) is 46.1 Å². The van der Waals surface area contributed by atoms with Crippen LogP contribution in [0.4, 0.5) is 0 Å². The number of nitrogens with one attached hydrogen (secondary N) is 7. The molecule has 7 aromatic rings. The summed E-state index contributed by atoms with van der Waals surface area (Å²) in [7, 11) is 0. The van der Waals surface area contributed by atoms with Gasteiger partial charge in [-0.1, -0.05) is 116 Å². The number of rotatable bonds is 50. The largest absolute Gasteiger partial charge is 0.507 e. The van der Waals surface area contributed by atoms with Gasteiger partial charge in [0, 0.05) is 16.7 Å². The lowest BCUT2D eigenvalue weighted by atomic mass is 9.90. The van der Waals surface area contributed by atoms with Crippen molar-refractivity contribution >= 4 is 90.4 Å². The zero-order valence-corrected chi connectivity index (χ0v) is 68.7. The first-order valence-electron chi connectivity index (χ1n) is 39.5. The molecule has 4 aromatic carbocycles. The summed E-state index contributed by atoms with van der Waals surface area (Å²) in [6.07, 6.45) is 7.93. The molecule has 39 heteroatoms. The molecule has 7 atom stereocenters. The van der Waals surface area contributed by atoms with Crippen LogP contribution in [0.3, 0.4) is 0 Å². The number of nitrogens with zero attached hydrogens (tertiary/aromatic N) is 3. The molecule has 0 unspecified atom stereocenters. The fourth-order valence-electron chi connectivity index (χ4n) is 13.1. The zero-order valence-electron chi connectivity index (χ0n) is 68.7. The number of hydrogen-bond donors (Lipinski definition) is 16. The van der Waals surface area contributed by atoms with E-state index in [2.05, 4.69) is 37.2 Å². The molecule has 0 saturated carbocycles. The van der Waals surface area contributed by atoms with Crippen LogP contribution in [0.25, 0.3) is 34.0 Å². The summed E-state index contributed by atoms with van der Waals surface area (Å²) in [5.74, 6) is -13.5. The average Bonchev–Trinajstić information content (AvgIpc) is 1.79. The molecular weight excluding hydrogens is 1610 g/mol. The highest BCUT2D eigenvalue weighted by Crippen LogP contribution is 2.37. The minimum atomic E-state index is -1.66. The second-order valence-electron chi connectivity index (χ2n) is 27.5. The first-order valence-corrected chi connectivity index (χ1v) is 39.5. The molecule has 0 aliphatic carbocycles. The lowest BCUT2D eigenvalue weighted by molar-refractivity contribution is -0.169. The van der Waals surface area contributed by atoms with Crippen LogP contribution in [0.5, 0.6) is 17.2 Å². The van der Waals surface area contributed by atoms with Crippen molar-refractivity contribution in [3.63, 3.8) is 0 Å². The third-order valence-electron chi connectivity index (χ3n) is 19.3. The standard InChI is InChI=1S/C33H38N4O11.C26H35N3O9.C25H31N3O9/c1-3-25(37(46)19-38)22(12-10-20-8-6-5-7-9-20)30(41)34-18-35-32(43)27-15-14-26(48-27)21-11-13-23(28(16-21)47-4-2)31(42)36-24(33(44)45)17-29(39)40;1-4-7-8-9-17(18(5-2)29(36)15-30)24(32)27-14-28-25(33)21-11-10-20(38-21)16-12-19(31)23(26(34)35)22(13-16)37-6-3;1-3-5-6-7-17(19(4-2)28(36)14-29)22(30)26-13-27-23(31)21-11-10-20(37-21)15-8-9-16(24(32)33)18(12-15)25(34)35/h5-9,11,13-16,19,22,24-25,46H,3-4,10,12,17-18H2,1-2H3,(H,34,41)(H,35,43)(H,36,42)(H,39,40)(H,44,45);10-13,15,17-18,31,36H,4-9,14H2,1-3H3,(H,27,32)(H,28,33)(H,34,35);8-12,14,17,19,36H,3-7,13H2,1-2H3,(H,26,30)(H,27,31)(H,32,33)(H,34,35)/t22-,24+,25-;17-,18-;17-,19-/m111/s1. The Morgan fingerprint density at radius 1 is 0.423 bits per heavy atom. The molecule has 0 radical (unpaired) electrons. The summed E-state index contributed by atoms with van der Waals surface area (Å²) in [5.41, 5.74) is 0.729. The third kappa shape index (κ3) is 29.8. The fraction of sp³-hybridized carbons (Fsp3) is 0.393. The Morgan fingerprint density at radius 3 is 1.20 bits per heavy atom. The Hall–Kier alpha value is -14.0. The van der Waals surface area contributed by atoms with Crippen LogP contribution >= 0.6 is 0 Å². The van der Waals surface area contributed by atoms with Gasteiger partial charge in [0.05, 0.1) is 92.2 Å². The van der Waals surface area contributed by atoms with E-state index in [9.17, 15) is 108 Å². The van der Waals surface area contributed by atoms with Crippen molar-refractivity contribution in [1.29, 1.82) is 0 Å². The van der Waals surface area contributed by atoms with Crippen LogP contribution in [0.15, 0.2) is 129 Å². The van der Waals surface area contributed by atoms with E-state index in [0.717, 1.165) is 56.2 Å². The van der Waals surface area contributed by atoms with E-state index >= 15 is 0 Å². The Bertz CT molecular complexity index is 4750. The molecule has 0 saturated heterocycles. The van der Waals surface area contributed by atoms with E-state index in [1.54, 1.807) is 34.6 Å². The number of phenols is 1. The molecule has 3 aromatic heterocycles. The van der Waals surface area contributed by atoms with E-state index in [1.807, 2.05) is 44.2 Å². The summed E-state index contributed by atoms with van der Waals surface area (Å²) in [6, 6.07) is 24.7. The number of aromatic carboxylic acids is 3. The number of ether oxygens (including phenoxy) is 2. The predicted molar refractivity (Wildman–Crippen MR) is 435 cm³/mol. The Labute approximate surface area is 705 Å². The van der Waals surface area contributed by atoms with Gasteiger partial charge in [-0.15, -0.1) is 0 Å². The maximum Gasteiger partial charge on any atom is 0.343 e. The number of aryl methyl sites for hydroxylation is 1. The maximum atomic E-state index is 13.2. The second-order valence-corrected chi connectivity index (χ2v) is 27.5. The Morgan fingerprint density at radius 2 is 0.821 bits per heavy atom. The van der Waals surface area contributed by atoms with Gasteiger partial charge in [-0.3, -0.25) is 68.4 Å². The van der Waals surface area contributed by atoms with Gasteiger partial charge in [0.15, 0.2) is 17.3 Å². The van der Waals surface area contributed by atoms with Crippen molar-refractivity contribution in [2.45, 2.75) is 163 Å². The summed E-state index contributed by atoms with van der Waals surface area (Å²) in [5, 5.41) is 105. The number of aliphatic carboxylic acids is 2. The van der Waals surface area contributed by atoms with Crippen molar-refractivity contribution in [1.82, 2.24) is 52.4 Å². The fourth-order valence-corrected chi connectivity index (χ4v) is 13.1. The highest BCUT2D eigenvalue weighted by Gasteiger charge is 2.35. The van der Waals surface area contributed by atoms with E-state index in [-0.39, 0.29) is 121 Å². The van der Waals surface area contributed by atoms with E-state index in [0.29, 0.717) is 71.3 Å². The average molecular weight is 1720 g/mol. The number of aromatic hydroxyl groups is 1. The molecule has 0 bridgehead atoms. The van der Waals surface area contributed by atoms with E-state index in [1.165, 1.54) is 72.8 Å². The first kappa shape index (κ1) is 99.6. The predicted octanol–water partition coefficient (Wildman–Crippen LogP) is 9.03. The number of hydrogen-bond acceptors (Lipinski definition) is 24. The van der Waals surface area contributed by atoms with Gasteiger partial charge in [-0.2, -0.15) is 0 Å². The number of unbranched alkanes of at least 4 members (excludes halogenated alkanes) is 4. The van der Waals surface area contributed by atoms with Crippen LogP contribution in [0.1, 0.15) is 211 Å². The van der Waals surface area contributed by atoms with Gasteiger partial charge < -0.3 is 90.6 Å². The molecule has 0 fully saturated rings. The number of benzene rings is 4. The summed E-state index contributed by atoms with van der Waals surface area (Å²) >= 11 is 0. The quantitative estimate of drug-likeness (QED) is 0.00555. The molecule has 10 amide bonds. The molecule has 3 heterocycles. The molecule has 0 aliphatic heterocycles. The zero-order chi connectivity index (χ0) is 91.0. The van der Waals surface area contributed by atoms with Gasteiger partial charge in [0.25, 0.3) is 23.6 Å². The van der Waals surface area contributed by atoms with Crippen molar-refractivity contribution in [3.8, 4) is 51.2 Å². The third-order valence-corrected chi connectivity index (χ3v) is 19.3. The highest BCUT2D eigenvalue weighted by atomic mass is 16.5. The van der Waals surface area contributed by atoms with E-state index in [4.69, 9.17) is 32.9 Å². The highest BCUT2D eigenvalue weighted by molar-refractivity contribution is 6.03. The summed E-state index contributed by atoms with van der Waals surface area (Å²) in [4.78, 5) is 179. The summed E-state index contributed by atoms with van der Waals surface area (Å²) in [6.45, 7) is 12.2. The molecule has 16 N–H and O–H groups in total. The van der Waals surface area contributed by atoms with Crippen LogP contribution in [-0.4, -0.2) is 209 Å². The lowest BCUT2D eigenvalue weighted by Crippen LogP contribution is -2.47. The van der Waals surface area contributed by atoms with E-state index < -0.39 is 131 Å². The van der Waals surface area contributed by atoms with Gasteiger partial charge in [-0.25, -0.2) is 34.4 Å². The van der Waals surface area contributed by atoms with Crippen LogP contribution in [0, 0.1) is 17.8 Å². The molecule has 0 spiro atoms. The SMILES string of the molecule is CCCCC[C@@H](C(=O)NCNC(=O)c1ccc(-c2cc(O)c(C(=O)O)c(OCC)c2)o1)[C@@H](CC)N(O)C=O.CCCCC[C@@H](C(=O)NCNC(=O)c1ccc(-c2ccc(C(=O)O)c(C(=O)O)c2)o1)[C@@H](CC)N(O)C=O.CCOc1cc(-c2ccc(C(=O)NCNC(=O)[C@H](CCc3ccccc3)[C@@H](CC)N(O)C=O)o2)ccc1C(=O)N[C@@H](CC(=O)O)C(=O)O. The van der Waals surface area contributed by atoms with Crippen molar-refractivity contribution < 1.29 is 141 Å². The lowest BCUT2D eigenvalue weighted by Gasteiger charge is -2.29. The van der Waals surface area contributed by atoms with Gasteiger partial charge in [0.2, 0.25) is 37.0 Å². The minimum Gasteiger partial charge on any atom is -0.507 e. The number of carbonyl (C=O) groups is 15. The number of hydroxylamine groups is 6. The van der Waals surface area contributed by atoms with Gasteiger partial charge >= 0.3 is 29.8 Å². The molecule has 664 valence electrons. The summed E-state index contributed by atoms with van der Waals surface area (Å²) < 4.78 is 27.7. The molecule has 123 heavy (non-hydrogen) atoms.